The van der Waals surface area contributed by atoms with E-state index < -0.39 is 0 Å². The molecule has 5 heteroatoms. The van der Waals surface area contributed by atoms with Gasteiger partial charge in [0.2, 0.25) is 5.91 Å². The van der Waals surface area contributed by atoms with E-state index in [-0.39, 0.29) is 24.4 Å². The van der Waals surface area contributed by atoms with E-state index in [1.165, 1.54) is 7.11 Å². The second kappa shape index (κ2) is 8.08. The van der Waals surface area contributed by atoms with Gasteiger partial charge in [0, 0.05) is 26.1 Å². The fourth-order valence-electron chi connectivity index (χ4n) is 2.10. The molecule has 1 rings (SSSR count). The number of carbonyl (C=O) groups excluding carboxylic acids is 2. The van der Waals surface area contributed by atoms with Crippen molar-refractivity contribution in [2.24, 2.45) is 0 Å². The van der Waals surface area contributed by atoms with Crippen LogP contribution in [0.3, 0.4) is 0 Å². The highest BCUT2D eigenvalue weighted by molar-refractivity contribution is 5.77. The number of nitrogens with zero attached hydrogens (tertiary/aromatic N) is 1. The molecule has 0 N–H and O–H groups in total. The summed E-state index contributed by atoms with van der Waals surface area (Å²) in [7, 11) is 1.36. The minimum Gasteiger partial charge on any atom is -0.469 e. The van der Waals surface area contributed by atoms with Gasteiger partial charge in [-0.2, -0.15) is 0 Å². The number of rotatable bonds is 7. The normalized spacial score (nSPS) is 18.7. The summed E-state index contributed by atoms with van der Waals surface area (Å²) in [4.78, 5) is 24.7. The predicted octanol–water partition coefficient (Wildman–Crippen LogP) is 1.36. The van der Waals surface area contributed by atoms with Crippen molar-refractivity contribution in [2.45, 2.75) is 45.1 Å². The Bertz CT molecular complexity index is 274. The average molecular weight is 257 g/mol. The predicted molar refractivity (Wildman–Crippen MR) is 67.1 cm³/mol. The summed E-state index contributed by atoms with van der Waals surface area (Å²) in [6.07, 6.45) is 3.94. The summed E-state index contributed by atoms with van der Waals surface area (Å²) >= 11 is 0. The van der Waals surface area contributed by atoms with Crippen molar-refractivity contribution in [3.63, 3.8) is 0 Å². The van der Waals surface area contributed by atoms with E-state index in [1.54, 1.807) is 4.90 Å². The molecule has 18 heavy (non-hydrogen) atoms. The summed E-state index contributed by atoms with van der Waals surface area (Å²) in [5.41, 5.74) is 0. The Balaban J connectivity index is 2.25. The van der Waals surface area contributed by atoms with Gasteiger partial charge in [-0.25, -0.2) is 0 Å². The van der Waals surface area contributed by atoms with Gasteiger partial charge in [0.1, 0.15) is 0 Å². The molecule has 0 aromatic carbocycles. The Kier molecular flexibility index (Phi) is 6.72. The standard InChI is InChI=1S/C13H23NO4/c1-3-14(9-8-13(16)17-2)12(15)7-6-11-5-4-10-18-11/h11H,3-10H2,1-2H3. The van der Waals surface area contributed by atoms with E-state index in [1.807, 2.05) is 6.92 Å². The van der Waals surface area contributed by atoms with Crippen LogP contribution in [0, 0.1) is 0 Å². The van der Waals surface area contributed by atoms with Crippen molar-refractivity contribution in [3.8, 4) is 0 Å². The molecule has 1 heterocycles. The maximum atomic E-state index is 12.0. The van der Waals surface area contributed by atoms with Gasteiger partial charge in [0.15, 0.2) is 0 Å². The van der Waals surface area contributed by atoms with Crippen molar-refractivity contribution in [2.75, 3.05) is 26.8 Å². The number of methoxy groups -OCH3 is 1. The topological polar surface area (TPSA) is 55.8 Å². The molecule has 0 aliphatic carbocycles. The highest BCUT2D eigenvalue weighted by atomic mass is 16.5. The molecule has 1 aliphatic rings. The SMILES string of the molecule is CCN(CCC(=O)OC)C(=O)CCC1CCCO1. The van der Waals surface area contributed by atoms with E-state index in [0.29, 0.717) is 19.5 Å². The Morgan fingerprint density at radius 2 is 2.17 bits per heavy atom. The second-order valence-corrected chi connectivity index (χ2v) is 4.47. The molecule has 0 aromatic rings. The molecule has 104 valence electrons. The lowest BCUT2D eigenvalue weighted by atomic mass is 10.1. The maximum absolute atomic E-state index is 12.0. The number of hydrogen-bond donors (Lipinski definition) is 0. The number of carbonyl (C=O) groups is 2. The zero-order valence-corrected chi connectivity index (χ0v) is 11.3. The zero-order valence-electron chi connectivity index (χ0n) is 11.3. The van der Waals surface area contributed by atoms with Crippen LogP contribution >= 0.6 is 0 Å². The number of ether oxygens (including phenoxy) is 2. The molecule has 1 fully saturated rings. The molecule has 1 saturated heterocycles. The first-order valence-corrected chi connectivity index (χ1v) is 6.63. The van der Waals surface area contributed by atoms with E-state index in [0.717, 1.165) is 25.9 Å². The smallest absolute Gasteiger partial charge is 0.307 e. The largest absolute Gasteiger partial charge is 0.469 e. The van der Waals surface area contributed by atoms with Crippen LogP contribution in [0.4, 0.5) is 0 Å². The minimum absolute atomic E-state index is 0.0944. The molecule has 0 aromatic heterocycles. The van der Waals surface area contributed by atoms with Crippen molar-refractivity contribution >= 4 is 11.9 Å². The van der Waals surface area contributed by atoms with Crippen molar-refractivity contribution < 1.29 is 19.1 Å². The van der Waals surface area contributed by atoms with Gasteiger partial charge in [0.05, 0.1) is 19.6 Å². The van der Waals surface area contributed by atoms with E-state index in [4.69, 9.17) is 4.74 Å². The van der Waals surface area contributed by atoms with Gasteiger partial charge in [-0.1, -0.05) is 0 Å². The van der Waals surface area contributed by atoms with Crippen molar-refractivity contribution in [1.82, 2.24) is 4.90 Å². The first-order valence-electron chi connectivity index (χ1n) is 6.63. The third-order valence-electron chi connectivity index (χ3n) is 3.25. The molecular weight excluding hydrogens is 234 g/mol. The van der Waals surface area contributed by atoms with Crippen LogP contribution < -0.4 is 0 Å². The highest BCUT2D eigenvalue weighted by Crippen LogP contribution is 2.17. The number of hydrogen-bond acceptors (Lipinski definition) is 4. The molecular formula is C13H23NO4. The fraction of sp³-hybridized carbons (Fsp3) is 0.846. The average Bonchev–Trinajstić information content (AvgIpc) is 2.89. The van der Waals surface area contributed by atoms with Crippen molar-refractivity contribution in [3.05, 3.63) is 0 Å². The quantitative estimate of drug-likeness (QED) is 0.646. The van der Waals surface area contributed by atoms with Crippen LogP contribution in [0.15, 0.2) is 0 Å². The van der Waals surface area contributed by atoms with Gasteiger partial charge in [-0.05, 0) is 26.2 Å². The molecule has 5 nitrogen and oxygen atoms in total. The van der Waals surface area contributed by atoms with Gasteiger partial charge in [-0.15, -0.1) is 0 Å². The first-order chi connectivity index (χ1) is 8.67. The molecule has 0 bridgehead atoms. The minimum atomic E-state index is -0.277. The molecule has 0 saturated carbocycles. The number of amides is 1. The number of esters is 1. The molecule has 0 spiro atoms. The van der Waals surface area contributed by atoms with Gasteiger partial charge >= 0.3 is 5.97 Å². The molecule has 1 amide bonds. The van der Waals surface area contributed by atoms with E-state index in [9.17, 15) is 9.59 Å². The lowest BCUT2D eigenvalue weighted by Gasteiger charge is -2.21. The van der Waals surface area contributed by atoms with Gasteiger partial charge in [0.25, 0.3) is 0 Å². The Morgan fingerprint density at radius 1 is 1.39 bits per heavy atom. The second-order valence-electron chi connectivity index (χ2n) is 4.47. The first kappa shape index (κ1) is 15.0. The third-order valence-corrected chi connectivity index (χ3v) is 3.25. The van der Waals surface area contributed by atoms with Crippen LogP contribution in [0.1, 0.15) is 39.0 Å². The summed E-state index contributed by atoms with van der Waals surface area (Å²) in [5, 5.41) is 0. The lowest BCUT2D eigenvalue weighted by Crippen LogP contribution is -2.33. The lowest BCUT2D eigenvalue weighted by molar-refractivity contribution is -0.141. The van der Waals surface area contributed by atoms with Crippen LogP contribution in [0.5, 0.6) is 0 Å². The van der Waals surface area contributed by atoms with Crippen LogP contribution in [0.25, 0.3) is 0 Å². The van der Waals surface area contributed by atoms with Crippen LogP contribution in [-0.4, -0.2) is 49.7 Å². The van der Waals surface area contributed by atoms with Gasteiger partial charge < -0.3 is 14.4 Å². The Hall–Kier alpha value is -1.10. The molecule has 1 atom stereocenters. The fourth-order valence-corrected chi connectivity index (χ4v) is 2.10. The molecule has 1 aliphatic heterocycles. The summed E-state index contributed by atoms with van der Waals surface area (Å²) in [5.74, 6) is -0.183. The van der Waals surface area contributed by atoms with Crippen LogP contribution in [0.2, 0.25) is 0 Å². The third kappa shape index (κ3) is 5.04. The summed E-state index contributed by atoms with van der Waals surface area (Å²) in [6, 6.07) is 0. The van der Waals surface area contributed by atoms with E-state index >= 15 is 0 Å². The highest BCUT2D eigenvalue weighted by Gasteiger charge is 2.19. The van der Waals surface area contributed by atoms with Crippen LogP contribution in [-0.2, 0) is 19.1 Å². The molecule has 0 radical (unpaired) electrons. The summed E-state index contributed by atoms with van der Waals surface area (Å²) < 4.78 is 10.1. The van der Waals surface area contributed by atoms with Crippen molar-refractivity contribution in [1.29, 1.82) is 0 Å². The monoisotopic (exact) mass is 257 g/mol. The molecule has 1 unspecified atom stereocenters. The maximum Gasteiger partial charge on any atom is 0.307 e. The zero-order chi connectivity index (χ0) is 13.4. The Labute approximate surface area is 108 Å². The summed E-state index contributed by atoms with van der Waals surface area (Å²) in [6.45, 7) is 3.80. The Morgan fingerprint density at radius 3 is 2.72 bits per heavy atom. The van der Waals surface area contributed by atoms with E-state index in [2.05, 4.69) is 4.74 Å². The van der Waals surface area contributed by atoms with Gasteiger partial charge in [-0.3, -0.25) is 9.59 Å².